The summed E-state index contributed by atoms with van der Waals surface area (Å²) in [4.78, 5) is 37.9. The highest BCUT2D eigenvalue weighted by molar-refractivity contribution is 7.12. The van der Waals surface area contributed by atoms with Gasteiger partial charge in [0.25, 0.3) is 11.8 Å². The number of carbonyl (C=O) groups excluding carboxylic acids is 3. The summed E-state index contributed by atoms with van der Waals surface area (Å²) in [6.07, 6.45) is 3.06. The molecule has 6 nitrogen and oxygen atoms in total. The Bertz CT molecular complexity index is 548. The Morgan fingerprint density at radius 1 is 1.30 bits per heavy atom. The molecule has 1 aromatic heterocycles. The lowest BCUT2D eigenvalue weighted by molar-refractivity contribution is -0.154. The Morgan fingerprint density at radius 2 is 2.00 bits per heavy atom. The topological polar surface area (TPSA) is 75.7 Å². The first kappa shape index (κ1) is 17.5. The van der Waals surface area contributed by atoms with Crippen LogP contribution < -0.4 is 5.32 Å². The molecule has 23 heavy (non-hydrogen) atoms. The molecule has 1 saturated heterocycles. The second-order valence-corrected chi connectivity index (χ2v) is 6.70. The molecule has 7 heteroatoms. The van der Waals surface area contributed by atoms with Crippen molar-refractivity contribution in [1.29, 1.82) is 0 Å². The zero-order valence-electron chi connectivity index (χ0n) is 13.4. The van der Waals surface area contributed by atoms with Crippen molar-refractivity contribution in [3.8, 4) is 0 Å². The molecule has 126 valence electrons. The van der Waals surface area contributed by atoms with Gasteiger partial charge in [0.2, 0.25) is 0 Å². The van der Waals surface area contributed by atoms with Gasteiger partial charge in [-0.3, -0.25) is 14.4 Å². The number of nitrogens with one attached hydrogen (secondary N) is 1. The maximum atomic E-state index is 12.2. The number of esters is 1. The van der Waals surface area contributed by atoms with Crippen LogP contribution >= 0.6 is 11.3 Å². The molecule has 1 fully saturated rings. The average Bonchev–Trinajstić information content (AvgIpc) is 3.05. The van der Waals surface area contributed by atoms with E-state index in [2.05, 4.69) is 5.32 Å². The van der Waals surface area contributed by atoms with E-state index >= 15 is 0 Å². The fourth-order valence-corrected chi connectivity index (χ4v) is 3.47. The molecule has 0 bridgehead atoms. The van der Waals surface area contributed by atoms with Gasteiger partial charge in [0.05, 0.1) is 4.88 Å². The van der Waals surface area contributed by atoms with E-state index in [0.29, 0.717) is 4.88 Å². The van der Waals surface area contributed by atoms with Crippen LogP contribution in [0.4, 0.5) is 0 Å². The summed E-state index contributed by atoms with van der Waals surface area (Å²) in [5.41, 5.74) is 0. The first-order chi connectivity index (χ1) is 11.0. The minimum atomic E-state index is -0.611. The third-order valence-electron chi connectivity index (χ3n) is 3.98. The molecule has 0 unspecified atom stereocenters. The first-order valence-electron chi connectivity index (χ1n) is 7.77. The second kappa shape index (κ2) is 8.10. The molecule has 2 heterocycles. The lowest BCUT2D eigenvalue weighted by atomic mass is 9.97. The summed E-state index contributed by atoms with van der Waals surface area (Å²) in [7, 11) is 0. The van der Waals surface area contributed by atoms with Crippen LogP contribution in [0.3, 0.4) is 0 Å². The number of piperidine rings is 1. The maximum Gasteiger partial charge on any atom is 0.325 e. The van der Waals surface area contributed by atoms with Gasteiger partial charge in [-0.05, 0) is 44.6 Å². The molecule has 0 spiro atoms. The van der Waals surface area contributed by atoms with E-state index in [1.165, 1.54) is 11.3 Å². The minimum Gasteiger partial charge on any atom is -0.454 e. The molecule has 1 N–H and O–H groups in total. The minimum absolute atomic E-state index is 0.170. The summed E-state index contributed by atoms with van der Waals surface area (Å²) in [6.45, 7) is 3.50. The monoisotopic (exact) mass is 338 g/mol. The normalized spacial score (nSPS) is 20.9. The van der Waals surface area contributed by atoms with Gasteiger partial charge in [0, 0.05) is 12.1 Å². The largest absolute Gasteiger partial charge is 0.454 e. The quantitative estimate of drug-likeness (QED) is 0.831. The van der Waals surface area contributed by atoms with Gasteiger partial charge < -0.3 is 15.0 Å². The van der Waals surface area contributed by atoms with Crippen molar-refractivity contribution in [2.75, 3.05) is 13.2 Å². The highest BCUT2D eigenvalue weighted by Crippen LogP contribution is 2.22. The van der Waals surface area contributed by atoms with E-state index in [0.717, 1.165) is 19.3 Å². The van der Waals surface area contributed by atoms with Crippen LogP contribution in [0.1, 0.15) is 42.8 Å². The van der Waals surface area contributed by atoms with Crippen LogP contribution in [0.25, 0.3) is 0 Å². The number of amides is 2. The zero-order chi connectivity index (χ0) is 16.8. The van der Waals surface area contributed by atoms with E-state index in [1.54, 1.807) is 22.4 Å². The second-order valence-electron chi connectivity index (χ2n) is 5.75. The molecule has 0 aromatic carbocycles. The van der Waals surface area contributed by atoms with Crippen LogP contribution in [-0.4, -0.2) is 47.9 Å². The molecule has 2 amide bonds. The van der Waals surface area contributed by atoms with Gasteiger partial charge >= 0.3 is 5.97 Å². The van der Waals surface area contributed by atoms with Crippen LogP contribution in [0.15, 0.2) is 17.5 Å². The fraction of sp³-hybridized carbons (Fsp3) is 0.562. The molecule has 1 aliphatic rings. The number of likely N-dealkylation sites (tertiary alicyclic amines) is 1. The standard InChI is InChI=1S/C16H22N2O4S/c1-11-5-3-6-12(2)18(11)14(19)10-22-15(20)9-17-16(21)13-7-4-8-23-13/h4,7-8,11-12H,3,5-6,9-10H2,1-2H3,(H,17,21)/t11-,12-/m1/s1. The Hall–Kier alpha value is -1.89. The summed E-state index contributed by atoms with van der Waals surface area (Å²) >= 11 is 1.30. The van der Waals surface area contributed by atoms with Crippen LogP contribution in [0.2, 0.25) is 0 Å². The van der Waals surface area contributed by atoms with Crippen molar-refractivity contribution in [1.82, 2.24) is 10.2 Å². The molecule has 2 rings (SSSR count). The average molecular weight is 338 g/mol. The molecule has 2 atom stereocenters. The van der Waals surface area contributed by atoms with E-state index in [-0.39, 0.29) is 37.0 Å². The van der Waals surface area contributed by atoms with Crippen molar-refractivity contribution in [2.24, 2.45) is 0 Å². The lowest BCUT2D eigenvalue weighted by Crippen LogP contribution is -2.49. The summed E-state index contributed by atoms with van der Waals surface area (Å²) in [5, 5.41) is 4.26. The number of hydrogen-bond acceptors (Lipinski definition) is 5. The number of nitrogens with zero attached hydrogens (tertiary/aromatic N) is 1. The van der Waals surface area contributed by atoms with E-state index in [9.17, 15) is 14.4 Å². The van der Waals surface area contributed by atoms with Crippen LogP contribution in [-0.2, 0) is 14.3 Å². The lowest BCUT2D eigenvalue weighted by Gasteiger charge is -2.38. The third-order valence-corrected chi connectivity index (χ3v) is 4.85. The van der Waals surface area contributed by atoms with Crippen molar-refractivity contribution in [3.05, 3.63) is 22.4 Å². The molecule has 1 aliphatic heterocycles. The number of thiophene rings is 1. The van der Waals surface area contributed by atoms with Gasteiger partial charge in [0.1, 0.15) is 6.54 Å². The SMILES string of the molecule is C[C@@H]1CCC[C@@H](C)N1C(=O)COC(=O)CNC(=O)c1cccs1. The smallest absolute Gasteiger partial charge is 0.325 e. The van der Waals surface area contributed by atoms with Crippen LogP contribution in [0, 0.1) is 0 Å². The van der Waals surface area contributed by atoms with Gasteiger partial charge in [-0.2, -0.15) is 0 Å². The van der Waals surface area contributed by atoms with Crippen molar-refractivity contribution in [3.63, 3.8) is 0 Å². The zero-order valence-corrected chi connectivity index (χ0v) is 14.2. The summed E-state index contributed by atoms with van der Waals surface area (Å²) in [6, 6.07) is 3.78. The predicted octanol–water partition coefficient (Wildman–Crippen LogP) is 1.81. The van der Waals surface area contributed by atoms with Gasteiger partial charge in [-0.1, -0.05) is 6.07 Å². The van der Waals surface area contributed by atoms with Crippen molar-refractivity contribution in [2.45, 2.75) is 45.2 Å². The Labute approximate surface area is 139 Å². The summed E-state index contributed by atoms with van der Waals surface area (Å²) < 4.78 is 4.98. The molecule has 0 saturated carbocycles. The van der Waals surface area contributed by atoms with Gasteiger partial charge in [-0.15, -0.1) is 11.3 Å². The van der Waals surface area contributed by atoms with E-state index < -0.39 is 5.97 Å². The molecule has 0 aliphatic carbocycles. The van der Waals surface area contributed by atoms with E-state index in [1.807, 2.05) is 13.8 Å². The van der Waals surface area contributed by atoms with E-state index in [4.69, 9.17) is 4.74 Å². The Morgan fingerprint density at radius 3 is 2.61 bits per heavy atom. The maximum absolute atomic E-state index is 12.2. The number of rotatable bonds is 5. The number of carbonyl (C=O) groups is 3. The molecule has 1 aromatic rings. The molecule has 0 radical (unpaired) electrons. The third kappa shape index (κ3) is 4.79. The highest BCUT2D eigenvalue weighted by atomic mass is 32.1. The highest BCUT2D eigenvalue weighted by Gasteiger charge is 2.29. The fourth-order valence-electron chi connectivity index (χ4n) is 2.83. The van der Waals surface area contributed by atoms with Crippen molar-refractivity contribution < 1.29 is 19.1 Å². The molecular weight excluding hydrogens is 316 g/mol. The first-order valence-corrected chi connectivity index (χ1v) is 8.65. The Balaban J connectivity index is 1.73. The van der Waals surface area contributed by atoms with Crippen molar-refractivity contribution >= 4 is 29.1 Å². The van der Waals surface area contributed by atoms with Gasteiger partial charge in [-0.25, -0.2) is 0 Å². The van der Waals surface area contributed by atoms with Crippen LogP contribution in [0.5, 0.6) is 0 Å². The number of hydrogen-bond donors (Lipinski definition) is 1. The number of ether oxygens (including phenoxy) is 1. The molecular formula is C16H22N2O4S. The predicted molar refractivity (Wildman–Crippen MR) is 87.2 cm³/mol. The Kier molecular flexibility index (Phi) is 6.15. The van der Waals surface area contributed by atoms with Gasteiger partial charge in [0.15, 0.2) is 6.61 Å². The summed E-state index contributed by atoms with van der Waals surface area (Å²) in [5.74, 6) is -1.11.